The smallest absolute Gasteiger partial charge is 0.374 e. The van der Waals surface area contributed by atoms with Crippen LogP contribution in [0.5, 0.6) is 0 Å². The van der Waals surface area contributed by atoms with Crippen molar-refractivity contribution in [2.45, 2.75) is 46.5 Å². The van der Waals surface area contributed by atoms with Gasteiger partial charge in [0.25, 0.3) is 0 Å². The summed E-state index contributed by atoms with van der Waals surface area (Å²) in [7, 11) is 0. The lowest BCUT2D eigenvalue weighted by atomic mass is 9.99. The van der Waals surface area contributed by atoms with E-state index in [0.29, 0.717) is 12.5 Å². The highest BCUT2D eigenvalue weighted by atomic mass is 16.5. The van der Waals surface area contributed by atoms with Crippen molar-refractivity contribution >= 4 is 11.8 Å². The van der Waals surface area contributed by atoms with Crippen molar-refractivity contribution in [1.82, 2.24) is 0 Å². The number of esters is 1. The van der Waals surface area contributed by atoms with Crippen LogP contribution in [0.2, 0.25) is 0 Å². The van der Waals surface area contributed by atoms with Gasteiger partial charge in [0.15, 0.2) is 0 Å². The van der Waals surface area contributed by atoms with E-state index in [1.54, 1.807) is 0 Å². The first-order valence-corrected chi connectivity index (χ1v) is 5.75. The molecular weight excluding hydrogens is 204 g/mol. The summed E-state index contributed by atoms with van der Waals surface area (Å²) in [5.41, 5.74) is 1.20. The van der Waals surface area contributed by atoms with Crippen LogP contribution < -0.4 is 0 Å². The largest absolute Gasteiger partial charge is 0.460 e. The lowest BCUT2D eigenvalue weighted by molar-refractivity contribution is -0.153. The Balaban J connectivity index is 3.50. The van der Waals surface area contributed by atoms with E-state index < -0.39 is 11.8 Å². The first-order chi connectivity index (χ1) is 7.43. The number of Topliss-reactive ketones (excluding diaryl/α,β-unsaturated/α-hetero) is 1. The molecule has 0 saturated carbocycles. The van der Waals surface area contributed by atoms with Crippen LogP contribution in [0, 0.1) is 5.92 Å². The first-order valence-electron chi connectivity index (χ1n) is 5.75. The molecule has 0 spiro atoms. The van der Waals surface area contributed by atoms with Gasteiger partial charge in [-0.25, -0.2) is 4.79 Å². The molecule has 3 nitrogen and oxygen atoms in total. The van der Waals surface area contributed by atoms with E-state index in [1.807, 2.05) is 6.92 Å². The van der Waals surface area contributed by atoms with Gasteiger partial charge in [-0.3, -0.25) is 4.79 Å². The Morgan fingerprint density at radius 3 is 2.38 bits per heavy atom. The number of ether oxygens (including phenoxy) is 1. The van der Waals surface area contributed by atoms with Crippen molar-refractivity contribution in [3.05, 3.63) is 12.2 Å². The van der Waals surface area contributed by atoms with E-state index in [0.717, 1.165) is 25.7 Å². The van der Waals surface area contributed by atoms with Crippen LogP contribution in [0.15, 0.2) is 12.2 Å². The van der Waals surface area contributed by atoms with Gasteiger partial charge >= 0.3 is 5.97 Å². The lowest BCUT2D eigenvalue weighted by Crippen LogP contribution is -2.15. The summed E-state index contributed by atoms with van der Waals surface area (Å²) >= 11 is 0. The predicted octanol–water partition coefficient (Wildman–Crippen LogP) is 2.89. The molecule has 0 heterocycles. The summed E-state index contributed by atoms with van der Waals surface area (Å²) in [6.07, 6.45) is 4.09. The van der Waals surface area contributed by atoms with E-state index in [-0.39, 0.29) is 0 Å². The number of ketones is 1. The summed E-state index contributed by atoms with van der Waals surface area (Å²) < 4.78 is 4.80. The van der Waals surface area contributed by atoms with Crippen LogP contribution in [-0.4, -0.2) is 18.4 Å². The zero-order chi connectivity index (χ0) is 12.6. The van der Waals surface area contributed by atoms with Crippen LogP contribution in [-0.2, 0) is 14.3 Å². The van der Waals surface area contributed by atoms with Crippen molar-refractivity contribution in [1.29, 1.82) is 0 Å². The second-order valence-electron chi connectivity index (χ2n) is 4.44. The number of hydrogen-bond acceptors (Lipinski definition) is 3. The molecule has 16 heavy (non-hydrogen) atoms. The minimum atomic E-state index is -0.728. The monoisotopic (exact) mass is 226 g/mol. The molecule has 0 N–H and O–H groups in total. The Kier molecular flexibility index (Phi) is 7.52. The average molecular weight is 226 g/mol. The third kappa shape index (κ3) is 8.21. The third-order valence-corrected chi connectivity index (χ3v) is 2.43. The highest BCUT2D eigenvalue weighted by Crippen LogP contribution is 2.14. The Morgan fingerprint density at radius 1 is 1.25 bits per heavy atom. The van der Waals surface area contributed by atoms with Gasteiger partial charge in [-0.15, -0.1) is 6.58 Å². The van der Waals surface area contributed by atoms with Crippen LogP contribution in [0.3, 0.4) is 0 Å². The predicted molar refractivity (Wildman–Crippen MR) is 64.1 cm³/mol. The molecule has 0 aromatic rings. The zero-order valence-electron chi connectivity index (χ0n) is 10.5. The Hall–Kier alpha value is -1.12. The standard InChI is InChI=1S/C13H22O3/c1-10(2)6-5-7-11(3)8-9-16-13(15)12(4)14/h11H,1,5-9H2,2-4H3/t11-/m0/s1. The van der Waals surface area contributed by atoms with Gasteiger partial charge in [0.1, 0.15) is 0 Å². The van der Waals surface area contributed by atoms with Crippen molar-refractivity contribution in [2.75, 3.05) is 6.61 Å². The molecule has 0 aliphatic carbocycles. The number of allylic oxidation sites excluding steroid dienone is 1. The van der Waals surface area contributed by atoms with Gasteiger partial charge in [0.05, 0.1) is 6.61 Å². The second kappa shape index (κ2) is 8.08. The molecular formula is C13H22O3. The number of hydrogen-bond donors (Lipinski definition) is 0. The molecule has 3 heteroatoms. The molecule has 0 fully saturated rings. The SMILES string of the molecule is C=C(C)CCC[C@H](C)CCOC(=O)C(C)=O. The van der Waals surface area contributed by atoms with Gasteiger partial charge in [0.2, 0.25) is 5.78 Å². The van der Waals surface area contributed by atoms with Crippen molar-refractivity contribution < 1.29 is 14.3 Å². The maximum absolute atomic E-state index is 10.8. The summed E-state index contributed by atoms with van der Waals surface area (Å²) in [5.74, 6) is -0.747. The fourth-order valence-electron chi connectivity index (χ4n) is 1.35. The third-order valence-electron chi connectivity index (χ3n) is 2.43. The quantitative estimate of drug-likeness (QED) is 0.363. The van der Waals surface area contributed by atoms with E-state index in [2.05, 4.69) is 13.5 Å². The summed E-state index contributed by atoms with van der Waals surface area (Å²) in [5, 5.41) is 0. The maximum Gasteiger partial charge on any atom is 0.374 e. The number of rotatable bonds is 8. The van der Waals surface area contributed by atoms with Gasteiger partial charge in [-0.2, -0.15) is 0 Å². The molecule has 0 unspecified atom stereocenters. The van der Waals surface area contributed by atoms with Crippen LogP contribution in [0.25, 0.3) is 0 Å². The molecule has 0 aliphatic heterocycles. The van der Waals surface area contributed by atoms with Gasteiger partial charge in [-0.05, 0) is 32.1 Å². The highest BCUT2D eigenvalue weighted by molar-refractivity contribution is 6.32. The Bertz CT molecular complexity index is 256. The normalized spacial score (nSPS) is 11.9. The Morgan fingerprint density at radius 2 is 1.88 bits per heavy atom. The second-order valence-corrected chi connectivity index (χ2v) is 4.44. The summed E-state index contributed by atoms with van der Waals surface area (Å²) in [4.78, 5) is 21.4. The molecule has 1 atom stereocenters. The van der Waals surface area contributed by atoms with Crippen molar-refractivity contribution in [3.63, 3.8) is 0 Å². The molecule has 0 aromatic heterocycles. The molecule has 0 aromatic carbocycles. The van der Waals surface area contributed by atoms with E-state index >= 15 is 0 Å². The van der Waals surface area contributed by atoms with Crippen molar-refractivity contribution in [3.8, 4) is 0 Å². The van der Waals surface area contributed by atoms with E-state index in [1.165, 1.54) is 12.5 Å². The molecule has 92 valence electrons. The average Bonchev–Trinajstić information content (AvgIpc) is 2.16. The molecule has 0 amide bonds. The molecule has 0 saturated heterocycles. The minimum absolute atomic E-state index is 0.340. The fraction of sp³-hybridized carbons (Fsp3) is 0.692. The topological polar surface area (TPSA) is 43.4 Å². The van der Waals surface area contributed by atoms with Gasteiger partial charge in [0, 0.05) is 6.92 Å². The molecule has 0 radical (unpaired) electrons. The minimum Gasteiger partial charge on any atom is -0.460 e. The van der Waals surface area contributed by atoms with Crippen LogP contribution >= 0.6 is 0 Å². The van der Waals surface area contributed by atoms with E-state index in [4.69, 9.17) is 4.74 Å². The van der Waals surface area contributed by atoms with Crippen LogP contribution in [0.1, 0.15) is 46.5 Å². The van der Waals surface area contributed by atoms with Crippen molar-refractivity contribution in [2.24, 2.45) is 5.92 Å². The van der Waals surface area contributed by atoms with Crippen LogP contribution in [0.4, 0.5) is 0 Å². The maximum atomic E-state index is 10.8. The van der Waals surface area contributed by atoms with Gasteiger partial charge in [-0.1, -0.05) is 18.9 Å². The van der Waals surface area contributed by atoms with Gasteiger partial charge < -0.3 is 4.74 Å². The number of carbonyl (C=O) groups excluding carboxylic acids is 2. The molecule has 0 aliphatic rings. The molecule has 0 bridgehead atoms. The Labute approximate surface area is 97.9 Å². The first kappa shape index (κ1) is 14.9. The lowest BCUT2D eigenvalue weighted by Gasteiger charge is -2.10. The summed E-state index contributed by atoms with van der Waals surface area (Å²) in [6.45, 7) is 9.56. The zero-order valence-corrected chi connectivity index (χ0v) is 10.5. The molecule has 0 rings (SSSR count). The summed E-state index contributed by atoms with van der Waals surface area (Å²) in [6, 6.07) is 0. The fourth-order valence-corrected chi connectivity index (χ4v) is 1.35. The highest BCUT2D eigenvalue weighted by Gasteiger charge is 2.09. The van der Waals surface area contributed by atoms with E-state index in [9.17, 15) is 9.59 Å². The number of carbonyl (C=O) groups is 2.